The highest BCUT2D eigenvalue weighted by atomic mass is 31.2. The third-order valence-electron chi connectivity index (χ3n) is 10.3. The molecule has 0 saturated heterocycles. The fraction of sp³-hybridized carbons (Fsp3) is 0.854. The number of phosphoric acid groups is 1. The molecular weight excluding hydrogens is 734 g/mol. The summed E-state index contributed by atoms with van der Waals surface area (Å²) in [6.45, 7) is 4.93. The maximum Gasteiger partial charge on any atom is 0.472 e. The molecule has 0 radical (unpaired) electrons. The number of hydrogen-bond donors (Lipinski definition) is 2. The molecule has 0 aromatic carbocycles. The van der Waals surface area contributed by atoms with Crippen molar-refractivity contribution in [3.05, 3.63) is 36.5 Å². The number of ether oxygens (including phenoxy) is 2. The lowest BCUT2D eigenvalue weighted by atomic mass is 10.0. The molecule has 0 amide bonds. The monoisotopic (exact) mass is 826 g/mol. The molecule has 0 bridgehead atoms. The van der Waals surface area contributed by atoms with Crippen molar-refractivity contribution in [3.63, 3.8) is 0 Å². The van der Waals surface area contributed by atoms with E-state index in [0.29, 0.717) is 13.0 Å². The second kappa shape index (κ2) is 45.8. The fourth-order valence-corrected chi connectivity index (χ4v) is 7.53. The highest BCUT2D eigenvalue weighted by Crippen LogP contribution is 2.43. The number of allylic oxidation sites excluding steroid dienone is 6. The first-order valence-corrected chi connectivity index (χ1v) is 25.5. The molecule has 0 aliphatic heterocycles. The Morgan fingerprint density at radius 2 is 0.930 bits per heavy atom. The Bertz CT molecular complexity index is 972. The van der Waals surface area contributed by atoms with Crippen molar-refractivity contribution < 1.29 is 32.8 Å². The Morgan fingerprint density at radius 1 is 0.526 bits per heavy atom. The van der Waals surface area contributed by atoms with E-state index in [1.807, 2.05) is 0 Å². The summed E-state index contributed by atoms with van der Waals surface area (Å²) in [5.74, 6) is -0.339. The van der Waals surface area contributed by atoms with Gasteiger partial charge in [0.15, 0.2) is 0 Å². The lowest BCUT2D eigenvalue weighted by Gasteiger charge is -2.20. The van der Waals surface area contributed by atoms with Crippen LogP contribution in [-0.2, 0) is 27.9 Å². The highest BCUT2D eigenvalue weighted by molar-refractivity contribution is 7.47. The van der Waals surface area contributed by atoms with E-state index in [-0.39, 0.29) is 32.3 Å². The summed E-state index contributed by atoms with van der Waals surface area (Å²) < 4.78 is 33.5. The number of hydrogen-bond acceptors (Lipinski definition) is 7. The largest absolute Gasteiger partial charge is 0.472 e. The van der Waals surface area contributed by atoms with Crippen molar-refractivity contribution in [2.24, 2.45) is 5.73 Å². The van der Waals surface area contributed by atoms with Crippen LogP contribution in [0.4, 0.5) is 0 Å². The SMILES string of the molecule is CCCCCCC/C=C\C/C=C\C/C=C\CCCCCCCCC(=O)OC(COCCCCCCCCCCCCCCCCCCC)COP(=O)(O)OCCN. The first-order chi connectivity index (χ1) is 27.9. The normalized spacial score (nSPS) is 13.7. The van der Waals surface area contributed by atoms with Crippen LogP contribution < -0.4 is 5.73 Å². The highest BCUT2D eigenvalue weighted by Gasteiger charge is 2.25. The predicted molar refractivity (Wildman–Crippen MR) is 243 cm³/mol. The van der Waals surface area contributed by atoms with Crippen LogP contribution in [0.15, 0.2) is 36.5 Å². The minimum atomic E-state index is -4.28. The summed E-state index contributed by atoms with van der Waals surface area (Å²) in [5, 5.41) is 0. The summed E-state index contributed by atoms with van der Waals surface area (Å²) in [6, 6.07) is 0. The average molecular weight is 826 g/mol. The van der Waals surface area contributed by atoms with Gasteiger partial charge in [-0.3, -0.25) is 13.8 Å². The van der Waals surface area contributed by atoms with Crippen molar-refractivity contribution in [1.82, 2.24) is 0 Å². The molecule has 0 aromatic rings. The molecule has 2 unspecified atom stereocenters. The van der Waals surface area contributed by atoms with E-state index >= 15 is 0 Å². The first-order valence-electron chi connectivity index (χ1n) is 24.0. The molecule has 0 rings (SSSR count). The van der Waals surface area contributed by atoms with Gasteiger partial charge < -0.3 is 20.1 Å². The molecule has 0 aromatic heterocycles. The Balaban J connectivity index is 4.00. The van der Waals surface area contributed by atoms with Gasteiger partial charge in [0.25, 0.3) is 0 Å². The van der Waals surface area contributed by atoms with Gasteiger partial charge in [-0.15, -0.1) is 0 Å². The van der Waals surface area contributed by atoms with Gasteiger partial charge in [0.1, 0.15) is 6.10 Å². The Labute approximate surface area is 352 Å². The van der Waals surface area contributed by atoms with E-state index in [4.69, 9.17) is 24.3 Å². The van der Waals surface area contributed by atoms with E-state index in [2.05, 4.69) is 50.3 Å². The van der Waals surface area contributed by atoms with E-state index in [1.165, 1.54) is 148 Å². The number of esters is 1. The van der Waals surface area contributed by atoms with E-state index in [1.54, 1.807) is 0 Å². The zero-order valence-electron chi connectivity index (χ0n) is 37.3. The van der Waals surface area contributed by atoms with Crippen LogP contribution in [-0.4, -0.2) is 49.9 Å². The second-order valence-corrected chi connectivity index (χ2v) is 17.4. The molecule has 0 saturated carbocycles. The lowest BCUT2D eigenvalue weighted by Crippen LogP contribution is -2.28. The average Bonchev–Trinajstić information content (AvgIpc) is 3.20. The third kappa shape index (κ3) is 45.7. The van der Waals surface area contributed by atoms with Gasteiger partial charge in [0, 0.05) is 19.6 Å². The topological polar surface area (TPSA) is 117 Å². The van der Waals surface area contributed by atoms with Crippen molar-refractivity contribution in [2.75, 3.05) is 33.0 Å². The Morgan fingerprint density at radius 3 is 1.39 bits per heavy atom. The van der Waals surface area contributed by atoms with Crippen LogP contribution in [0.1, 0.15) is 226 Å². The van der Waals surface area contributed by atoms with Crippen molar-refractivity contribution in [3.8, 4) is 0 Å². The molecular formula is C48H92NO7P. The summed E-state index contributed by atoms with van der Waals surface area (Å²) >= 11 is 0. The van der Waals surface area contributed by atoms with E-state index in [9.17, 15) is 14.3 Å². The van der Waals surface area contributed by atoms with Crippen LogP contribution in [0.25, 0.3) is 0 Å². The number of carbonyl (C=O) groups excluding carboxylic acids is 1. The van der Waals surface area contributed by atoms with E-state index < -0.39 is 13.9 Å². The number of nitrogens with two attached hydrogens (primary N) is 1. The van der Waals surface area contributed by atoms with E-state index in [0.717, 1.165) is 57.8 Å². The van der Waals surface area contributed by atoms with Crippen LogP contribution >= 0.6 is 7.82 Å². The summed E-state index contributed by atoms with van der Waals surface area (Å²) in [5.41, 5.74) is 5.38. The molecule has 8 nitrogen and oxygen atoms in total. The molecule has 0 aliphatic carbocycles. The fourth-order valence-electron chi connectivity index (χ4n) is 6.77. The molecule has 3 N–H and O–H groups in total. The molecule has 0 heterocycles. The third-order valence-corrected chi connectivity index (χ3v) is 11.3. The van der Waals surface area contributed by atoms with Crippen LogP contribution in [0.2, 0.25) is 0 Å². The smallest absolute Gasteiger partial charge is 0.457 e. The first kappa shape index (κ1) is 55.7. The molecule has 57 heavy (non-hydrogen) atoms. The second-order valence-electron chi connectivity index (χ2n) is 16.0. The molecule has 2 atom stereocenters. The molecule has 0 spiro atoms. The number of carbonyl (C=O) groups is 1. The summed E-state index contributed by atoms with van der Waals surface area (Å²) in [4.78, 5) is 22.5. The van der Waals surface area contributed by atoms with Gasteiger partial charge in [-0.2, -0.15) is 0 Å². The van der Waals surface area contributed by atoms with Crippen molar-refractivity contribution in [1.29, 1.82) is 0 Å². The Kier molecular flexibility index (Phi) is 44.8. The molecule has 9 heteroatoms. The van der Waals surface area contributed by atoms with Gasteiger partial charge in [0.2, 0.25) is 0 Å². The van der Waals surface area contributed by atoms with Crippen LogP contribution in [0.5, 0.6) is 0 Å². The Hall–Kier alpha value is -1.28. The van der Waals surface area contributed by atoms with Gasteiger partial charge in [-0.1, -0.05) is 204 Å². The quantitative estimate of drug-likeness (QED) is 0.0270. The molecule has 0 aliphatic rings. The van der Waals surface area contributed by atoms with Gasteiger partial charge in [-0.05, 0) is 51.4 Å². The van der Waals surface area contributed by atoms with Crippen LogP contribution in [0, 0.1) is 0 Å². The standard InChI is InChI=1S/C48H92NO7P/c1-3-5-7-9-11-13-15-17-19-21-22-23-24-25-27-29-31-33-35-37-39-41-48(50)56-47(46-55-57(51,52)54-44-42-49)45-53-43-40-38-36-34-32-30-28-26-20-18-16-14-12-10-8-6-4-2/h15,17,21-22,24-25,47H,3-14,16,18-20,23,26-46,49H2,1-2H3,(H,51,52)/b17-15-,22-21-,25-24-. The van der Waals surface area contributed by atoms with Crippen molar-refractivity contribution >= 4 is 13.8 Å². The number of rotatable bonds is 46. The molecule has 0 fully saturated rings. The minimum Gasteiger partial charge on any atom is -0.457 e. The minimum absolute atomic E-state index is 0.0972. The maximum absolute atomic E-state index is 12.6. The van der Waals surface area contributed by atoms with Gasteiger partial charge >= 0.3 is 13.8 Å². The van der Waals surface area contributed by atoms with Gasteiger partial charge in [-0.25, -0.2) is 4.57 Å². The molecule has 336 valence electrons. The zero-order valence-corrected chi connectivity index (χ0v) is 38.2. The van der Waals surface area contributed by atoms with Crippen LogP contribution in [0.3, 0.4) is 0 Å². The predicted octanol–water partition coefficient (Wildman–Crippen LogP) is 14.6. The van der Waals surface area contributed by atoms with Crippen molar-refractivity contribution in [2.45, 2.75) is 232 Å². The van der Waals surface area contributed by atoms with Gasteiger partial charge in [0.05, 0.1) is 19.8 Å². The number of phosphoric ester groups is 1. The summed E-state index contributed by atoms with van der Waals surface area (Å²) in [7, 11) is -4.28. The maximum atomic E-state index is 12.6. The number of unbranched alkanes of at least 4 members (excludes halogenated alkanes) is 27. The zero-order chi connectivity index (χ0) is 41.6. The lowest BCUT2D eigenvalue weighted by molar-refractivity contribution is -0.154. The summed E-state index contributed by atoms with van der Waals surface area (Å²) in [6.07, 6.45) is 53.1.